The molecule has 29 heavy (non-hydrogen) atoms. The Kier molecular flexibility index (Phi) is 5.33. The number of rotatable bonds is 6. The minimum atomic E-state index is -0.926. The molecular formula is C23H23N3O3. The maximum Gasteiger partial charge on any atom is 0.335 e. The lowest BCUT2D eigenvalue weighted by molar-refractivity contribution is 0.0697. The number of carbonyl (C=O) groups is 1. The average Bonchev–Trinajstić information content (AvgIpc) is 2.75. The van der Waals surface area contributed by atoms with Gasteiger partial charge in [-0.15, -0.1) is 0 Å². The first-order chi connectivity index (χ1) is 14.1. The Bertz CT molecular complexity index is 990. The molecule has 2 aromatic carbocycles. The van der Waals surface area contributed by atoms with Gasteiger partial charge in [-0.05, 0) is 30.2 Å². The number of aromatic nitrogens is 1. The number of benzene rings is 2. The fraction of sp³-hybridized carbons (Fsp3) is 0.217. The maximum atomic E-state index is 11.1. The maximum absolute atomic E-state index is 11.1. The van der Waals surface area contributed by atoms with E-state index in [4.69, 9.17) is 9.84 Å². The van der Waals surface area contributed by atoms with Gasteiger partial charge in [-0.2, -0.15) is 0 Å². The van der Waals surface area contributed by atoms with Gasteiger partial charge in [-0.1, -0.05) is 42.5 Å². The van der Waals surface area contributed by atoms with E-state index in [1.165, 1.54) is 5.56 Å². The first kappa shape index (κ1) is 18.8. The minimum Gasteiger partial charge on any atom is -0.489 e. The highest BCUT2D eigenvalue weighted by Gasteiger charge is 2.24. The summed E-state index contributed by atoms with van der Waals surface area (Å²) in [5, 5.41) is 12.6. The first-order valence-electron chi connectivity index (χ1n) is 9.62. The molecule has 2 N–H and O–H groups in total. The van der Waals surface area contributed by atoms with Crippen LogP contribution in [0, 0.1) is 0 Å². The Morgan fingerprint density at radius 3 is 2.66 bits per heavy atom. The number of carboxylic acid groups (broad SMARTS) is 1. The Balaban J connectivity index is 1.59. The molecule has 6 heteroatoms. The topological polar surface area (TPSA) is 74.7 Å². The minimum absolute atomic E-state index is 0.0441. The molecule has 0 fully saturated rings. The molecule has 2 heterocycles. The van der Waals surface area contributed by atoms with Crippen molar-refractivity contribution in [1.29, 1.82) is 0 Å². The van der Waals surface area contributed by atoms with E-state index >= 15 is 0 Å². The zero-order valence-corrected chi connectivity index (χ0v) is 16.2. The SMILES string of the molecule is C[C@H](Nc1nccc2c1N(Cc1ccccc1)CCO2)c1ccc(C(=O)O)cc1. The second-order valence-corrected chi connectivity index (χ2v) is 7.06. The molecule has 1 aliphatic heterocycles. The van der Waals surface area contributed by atoms with Crippen molar-refractivity contribution >= 4 is 17.5 Å². The molecule has 0 bridgehead atoms. The molecule has 1 atom stereocenters. The van der Waals surface area contributed by atoms with E-state index in [0.29, 0.717) is 6.61 Å². The van der Waals surface area contributed by atoms with E-state index in [9.17, 15) is 4.79 Å². The average molecular weight is 389 g/mol. The summed E-state index contributed by atoms with van der Waals surface area (Å²) in [6.45, 7) is 4.22. The van der Waals surface area contributed by atoms with Gasteiger partial charge in [0.15, 0.2) is 5.82 Å². The largest absolute Gasteiger partial charge is 0.489 e. The van der Waals surface area contributed by atoms with Crippen LogP contribution >= 0.6 is 0 Å². The second kappa shape index (κ2) is 8.22. The predicted octanol–water partition coefficient (Wildman–Crippen LogP) is 4.35. The molecule has 3 aromatic rings. The van der Waals surface area contributed by atoms with Crippen LogP contribution in [0.3, 0.4) is 0 Å². The zero-order valence-electron chi connectivity index (χ0n) is 16.2. The van der Waals surface area contributed by atoms with E-state index in [-0.39, 0.29) is 11.6 Å². The molecule has 0 unspecified atom stereocenters. The van der Waals surface area contributed by atoms with Crippen LogP contribution in [0.15, 0.2) is 66.9 Å². The fourth-order valence-corrected chi connectivity index (χ4v) is 3.51. The normalized spacial score (nSPS) is 13.9. The number of carboxylic acids is 1. The van der Waals surface area contributed by atoms with Crippen molar-refractivity contribution in [2.75, 3.05) is 23.4 Å². The summed E-state index contributed by atoms with van der Waals surface area (Å²) in [7, 11) is 0. The van der Waals surface area contributed by atoms with Gasteiger partial charge in [0.05, 0.1) is 18.2 Å². The highest BCUT2D eigenvalue weighted by Crippen LogP contribution is 2.39. The summed E-state index contributed by atoms with van der Waals surface area (Å²) in [6, 6.07) is 19.1. The number of ether oxygens (including phenoxy) is 1. The van der Waals surface area contributed by atoms with Crippen molar-refractivity contribution in [3.8, 4) is 5.75 Å². The van der Waals surface area contributed by atoms with Gasteiger partial charge < -0.3 is 20.1 Å². The third-order valence-electron chi connectivity index (χ3n) is 5.05. The number of anilines is 2. The zero-order chi connectivity index (χ0) is 20.2. The highest BCUT2D eigenvalue weighted by atomic mass is 16.5. The van der Waals surface area contributed by atoms with Crippen molar-refractivity contribution in [2.24, 2.45) is 0 Å². The van der Waals surface area contributed by atoms with Crippen LogP contribution in [-0.2, 0) is 6.54 Å². The van der Waals surface area contributed by atoms with Crippen LogP contribution in [0.5, 0.6) is 5.75 Å². The van der Waals surface area contributed by atoms with Crippen LogP contribution in [0.4, 0.5) is 11.5 Å². The molecule has 0 saturated carbocycles. The van der Waals surface area contributed by atoms with Gasteiger partial charge in [0.1, 0.15) is 18.0 Å². The van der Waals surface area contributed by atoms with Gasteiger partial charge >= 0.3 is 5.97 Å². The van der Waals surface area contributed by atoms with Gasteiger partial charge in [-0.25, -0.2) is 9.78 Å². The lowest BCUT2D eigenvalue weighted by atomic mass is 10.1. The molecule has 1 aliphatic rings. The summed E-state index contributed by atoms with van der Waals surface area (Å²) >= 11 is 0. The Morgan fingerprint density at radius 2 is 1.93 bits per heavy atom. The van der Waals surface area contributed by atoms with Crippen LogP contribution in [-0.4, -0.2) is 29.2 Å². The molecule has 1 aromatic heterocycles. The van der Waals surface area contributed by atoms with Crippen molar-refractivity contribution in [3.05, 3.63) is 83.6 Å². The fourth-order valence-electron chi connectivity index (χ4n) is 3.51. The molecule has 148 valence electrons. The van der Waals surface area contributed by atoms with Crippen molar-refractivity contribution < 1.29 is 14.6 Å². The Hall–Kier alpha value is -3.54. The number of pyridine rings is 1. The molecule has 0 aliphatic carbocycles. The van der Waals surface area contributed by atoms with E-state index < -0.39 is 5.97 Å². The summed E-state index contributed by atoms with van der Waals surface area (Å²) in [6.07, 6.45) is 1.74. The lowest BCUT2D eigenvalue weighted by Crippen LogP contribution is -2.33. The standard InChI is InChI=1S/C23H23N3O3/c1-16(18-7-9-19(10-8-18)23(27)28)25-22-21-20(11-12-24-22)29-14-13-26(21)15-17-5-3-2-4-6-17/h2-12,16H,13-15H2,1H3,(H,24,25)(H,27,28)/t16-/m0/s1. The molecular weight excluding hydrogens is 366 g/mol. The van der Waals surface area contributed by atoms with Crippen molar-refractivity contribution in [2.45, 2.75) is 19.5 Å². The number of nitrogens with zero attached hydrogens (tertiary/aromatic N) is 2. The Morgan fingerprint density at radius 1 is 1.17 bits per heavy atom. The van der Waals surface area contributed by atoms with E-state index in [1.54, 1.807) is 18.3 Å². The van der Waals surface area contributed by atoms with Crippen LogP contribution < -0.4 is 15.0 Å². The molecule has 0 amide bonds. The van der Waals surface area contributed by atoms with E-state index in [1.807, 2.05) is 43.3 Å². The monoisotopic (exact) mass is 389 g/mol. The summed E-state index contributed by atoms with van der Waals surface area (Å²) in [4.78, 5) is 17.9. The number of hydrogen-bond donors (Lipinski definition) is 2. The molecule has 0 saturated heterocycles. The third-order valence-corrected chi connectivity index (χ3v) is 5.05. The molecule has 6 nitrogen and oxygen atoms in total. The number of hydrogen-bond acceptors (Lipinski definition) is 5. The van der Waals surface area contributed by atoms with Crippen LogP contribution in [0.1, 0.15) is 34.5 Å². The third kappa shape index (κ3) is 4.16. The second-order valence-electron chi connectivity index (χ2n) is 7.06. The van der Waals surface area contributed by atoms with E-state index in [0.717, 1.165) is 35.9 Å². The number of fused-ring (bicyclic) bond motifs is 1. The van der Waals surface area contributed by atoms with Crippen LogP contribution in [0.2, 0.25) is 0 Å². The van der Waals surface area contributed by atoms with Gasteiger partial charge in [0.25, 0.3) is 0 Å². The smallest absolute Gasteiger partial charge is 0.335 e. The van der Waals surface area contributed by atoms with Gasteiger partial charge in [-0.3, -0.25) is 0 Å². The van der Waals surface area contributed by atoms with Crippen LogP contribution in [0.25, 0.3) is 0 Å². The van der Waals surface area contributed by atoms with Gasteiger partial charge in [0.2, 0.25) is 0 Å². The number of nitrogens with one attached hydrogen (secondary N) is 1. The summed E-state index contributed by atoms with van der Waals surface area (Å²) in [5.74, 6) is 0.649. The summed E-state index contributed by atoms with van der Waals surface area (Å²) < 4.78 is 5.87. The van der Waals surface area contributed by atoms with E-state index in [2.05, 4.69) is 27.3 Å². The number of aromatic carboxylic acids is 1. The van der Waals surface area contributed by atoms with Crippen molar-refractivity contribution in [1.82, 2.24) is 4.98 Å². The molecule has 4 rings (SSSR count). The molecule has 0 spiro atoms. The molecule has 0 radical (unpaired) electrons. The lowest BCUT2D eigenvalue weighted by Gasteiger charge is -2.33. The van der Waals surface area contributed by atoms with Crippen molar-refractivity contribution in [3.63, 3.8) is 0 Å². The van der Waals surface area contributed by atoms with Gasteiger partial charge in [0, 0.05) is 18.8 Å². The first-order valence-corrected chi connectivity index (χ1v) is 9.62. The quantitative estimate of drug-likeness (QED) is 0.653. The predicted molar refractivity (Wildman–Crippen MR) is 113 cm³/mol. The Labute approximate surface area is 169 Å². The highest BCUT2D eigenvalue weighted by molar-refractivity contribution is 5.87. The summed E-state index contributed by atoms with van der Waals surface area (Å²) in [5.41, 5.74) is 3.45.